The summed E-state index contributed by atoms with van der Waals surface area (Å²) in [7, 11) is 0. The quantitative estimate of drug-likeness (QED) is 0.590. The van der Waals surface area contributed by atoms with E-state index in [4.69, 9.17) is 5.11 Å². The van der Waals surface area contributed by atoms with Gasteiger partial charge in [0.25, 0.3) is 0 Å². The Morgan fingerprint density at radius 2 is 1.83 bits per heavy atom. The average Bonchev–Trinajstić information content (AvgIpc) is 2.43. The van der Waals surface area contributed by atoms with Gasteiger partial charge < -0.3 is 15.5 Å². The molecule has 1 rings (SSSR count). The van der Waals surface area contributed by atoms with Gasteiger partial charge in [0.05, 0.1) is 18.8 Å². The van der Waals surface area contributed by atoms with Gasteiger partial charge in [-0.1, -0.05) is 56.5 Å². The first-order chi connectivity index (χ1) is 8.79. The van der Waals surface area contributed by atoms with Crippen molar-refractivity contribution in [2.24, 2.45) is 0 Å². The van der Waals surface area contributed by atoms with Crippen LogP contribution in [0.1, 0.15) is 44.2 Å². The summed E-state index contributed by atoms with van der Waals surface area (Å²) in [6.45, 7) is 2.84. The zero-order valence-electron chi connectivity index (χ0n) is 11.2. The predicted molar refractivity (Wildman–Crippen MR) is 74.4 cm³/mol. The maximum absolute atomic E-state index is 9.86. The molecule has 0 aromatic heterocycles. The monoisotopic (exact) mass is 251 g/mol. The zero-order chi connectivity index (χ0) is 13.2. The summed E-state index contributed by atoms with van der Waals surface area (Å²) in [5.74, 6) is 0. The van der Waals surface area contributed by atoms with E-state index in [2.05, 4.69) is 12.2 Å². The predicted octanol–water partition coefficient (Wildman–Crippen LogP) is 2.25. The zero-order valence-corrected chi connectivity index (χ0v) is 11.2. The van der Waals surface area contributed by atoms with Gasteiger partial charge in [-0.2, -0.15) is 0 Å². The van der Waals surface area contributed by atoms with Crippen molar-refractivity contribution in [3.8, 4) is 0 Å². The average molecular weight is 251 g/mol. The lowest BCUT2D eigenvalue weighted by molar-refractivity contribution is 0.0623. The van der Waals surface area contributed by atoms with Crippen LogP contribution >= 0.6 is 0 Å². The normalized spacial score (nSPS) is 14.4. The van der Waals surface area contributed by atoms with Gasteiger partial charge in [0.15, 0.2) is 0 Å². The van der Waals surface area contributed by atoms with Crippen molar-refractivity contribution in [1.82, 2.24) is 5.32 Å². The second-order valence-corrected chi connectivity index (χ2v) is 4.65. The molecule has 2 atom stereocenters. The lowest BCUT2D eigenvalue weighted by atomic mass is 10.0. The molecule has 1 aromatic carbocycles. The summed E-state index contributed by atoms with van der Waals surface area (Å²) in [4.78, 5) is 0. The van der Waals surface area contributed by atoms with Crippen molar-refractivity contribution in [1.29, 1.82) is 0 Å². The summed E-state index contributed by atoms with van der Waals surface area (Å²) < 4.78 is 0. The SMILES string of the molecule is CCCCCCN[C@H](c1ccccc1)[C@@H](O)CO. The Hall–Kier alpha value is -0.900. The van der Waals surface area contributed by atoms with E-state index in [1.54, 1.807) is 0 Å². The number of hydrogen-bond donors (Lipinski definition) is 3. The largest absolute Gasteiger partial charge is 0.394 e. The molecule has 0 amide bonds. The van der Waals surface area contributed by atoms with Crippen LogP contribution in [0.2, 0.25) is 0 Å². The molecule has 0 aliphatic carbocycles. The van der Waals surface area contributed by atoms with Crippen molar-refractivity contribution in [3.63, 3.8) is 0 Å². The number of aliphatic hydroxyl groups excluding tert-OH is 2. The van der Waals surface area contributed by atoms with Crippen molar-refractivity contribution in [2.75, 3.05) is 13.2 Å². The van der Waals surface area contributed by atoms with Crippen LogP contribution in [0.15, 0.2) is 30.3 Å². The van der Waals surface area contributed by atoms with Crippen molar-refractivity contribution in [3.05, 3.63) is 35.9 Å². The van der Waals surface area contributed by atoms with Crippen LogP contribution in [0, 0.1) is 0 Å². The Morgan fingerprint density at radius 3 is 2.44 bits per heavy atom. The lowest BCUT2D eigenvalue weighted by Crippen LogP contribution is -2.34. The Bertz CT molecular complexity index is 303. The van der Waals surface area contributed by atoms with Crippen LogP contribution in [0.3, 0.4) is 0 Å². The van der Waals surface area contributed by atoms with E-state index in [0.29, 0.717) is 0 Å². The number of rotatable bonds is 9. The fraction of sp³-hybridized carbons (Fsp3) is 0.600. The van der Waals surface area contributed by atoms with Crippen LogP contribution < -0.4 is 5.32 Å². The molecule has 3 nitrogen and oxygen atoms in total. The number of unbranched alkanes of at least 4 members (excludes halogenated alkanes) is 3. The van der Waals surface area contributed by atoms with Gasteiger partial charge in [-0.15, -0.1) is 0 Å². The standard InChI is InChI=1S/C15H25NO2/c1-2-3-4-8-11-16-15(14(18)12-17)13-9-6-5-7-10-13/h5-7,9-10,14-18H,2-4,8,11-12H2,1H3/t14-,15+/m0/s1. The highest BCUT2D eigenvalue weighted by atomic mass is 16.3. The molecule has 18 heavy (non-hydrogen) atoms. The first kappa shape index (κ1) is 15.2. The smallest absolute Gasteiger partial charge is 0.0965 e. The highest BCUT2D eigenvalue weighted by molar-refractivity contribution is 5.20. The maximum atomic E-state index is 9.86. The number of nitrogens with one attached hydrogen (secondary N) is 1. The molecule has 3 N–H and O–H groups in total. The van der Waals surface area contributed by atoms with Gasteiger partial charge in [-0.3, -0.25) is 0 Å². The molecular formula is C15H25NO2. The van der Waals surface area contributed by atoms with E-state index >= 15 is 0 Å². The first-order valence-electron chi connectivity index (χ1n) is 6.86. The molecule has 0 bridgehead atoms. The molecule has 3 heteroatoms. The summed E-state index contributed by atoms with van der Waals surface area (Å²) in [6.07, 6.45) is 4.04. The Kier molecular flexibility index (Phi) is 7.65. The minimum absolute atomic E-state index is 0.183. The van der Waals surface area contributed by atoms with Crippen molar-refractivity contribution < 1.29 is 10.2 Å². The second-order valence-electron chi connectivity index (χ2n) is 4.65. The van der Waals surface area contributed by atoms with Gasteiger partial charge in [0, 0.05) is 0 Å². The third kappa shape index (κ3) is 5.17. The van der Waals surface area contributed by atoms with E-state index < -0.39 is 6.10 Å². The van der Waals surface area contributed by atoms with Gasteiger partial charge in [-0.25, -0.2) is 0 Å². The molecule has 102 valence electrons. The Balaban J connectivity index is 2.47. The van der Waals surface area contributed by atoms with E-state index in [1.165, 1.54) is 19.3 Å². The van der Waals surface area contributed by atoms with E-state index in [1.807, 2.05) is 30.3 Å². The molecule has 0 heterocycles. The highest BCUT2D eigenvalue weighted by Gasteiger charge is 2.19. The molecular weight excluding hydrogens is 226 g/mol. The van der Waals surface area contributed by atoms with Gasteiger partial charge in [0.1, 0.15) is 0 Å². The summed E-state index contributed by atoms with van der Waals surface area (Å²) in [6, 6.07) is 9.62. The molecule has 0 aliphatic rings. The fourth-order valence-electron chi connectivity index (χ4n) is 2.05. The van der Waals surface area contributed by atoms with Gasteiger partial charge >= 0.3 is 0 Å². The summed E-state index contributed by atoms with van der Waals surface area (Å²) in [5, 5.41) is 22.3. The van der Waals surface area contributed by atoms with Crippen LogP contribution in [-0.4, -0.2) is 29.5 Å². The molecule has 1 aromatic rings. The third-order valence-electron chi connectivity index (χ3n) is 3.13. The van der Waals surface area contributed by atoms with E-state index in [9.17, 15) is 5.11 Å². The minimum Gasteiger partial charge on any atom is -0.394 e. The highest BCUT2D eigenvalue weighted by Crippen LogP contribution is 2.16. The molecule has 0 saturated carbocycles. The van der Waals surface area contributed by atoms with E-state index in [0.717, 1.165) is 18.5 Å². The third-order valence-corrected chi connectivity index (χ3v) is 3.13. The summed E-state index contributed by atoms with van der Waals surface area (Å²) >= 11 is 0. The first-order valence-corrected chi connectivity index (χ1v) is 6.86. The Labute approximate surface area is 110 Å². The van der Waals surface area contributed by atoms with Crippen LogP contribution in [-0.2, 0) is 0 Å². The number of aliphatic hydroxyl groups is 2. The second kappa shape index (κ2) is 9.09. The van der Waals surface area contributed by atoms with Gasteiger partial charge in [0.2, 0.25) is 0 Å². The fourth-order valence-corrected chi connectivity index (χ4v) is 2.05. The van der Waals surface area contributed by atoms with Crippen molar-refractivity contribution >= 4 is 0 Å². The van der Waals surface area contributed by atoms with Crippen LogP contribution in [0.4, 0.5) is 0 Å². The Morgan fingerprint density at radius 1 is 1.11 bits per heavy atom. The summed E-state index contributed by atoms with van der Waals surface area (Å²) in [5.41, 5.74) is 1.02. The van der Waals surface area contributed by atoms with E-state index in [-0.39, 0.29) is 12.6 Å². The topological polar surface area (TPSA) is 52.5 Å². The molecule has 0 unspecified atom stereocenters. The van der Waals surface area contributed by atoms with Crippen LogP contribution in [0.25, 0.3) is 0 Å². The lowest BCUT2D eigenvalue weighted by Gasteiger charge is -2.23. The minimum atomic E-state index is -0.751. The maximum Gasteiger partial charge on any atom is 0.0965 e. The molecule has 0 radical (unpaired) electrons. The molecule has 0 saturated heterocycles. The molecule has 0 fully saturated rings. The molecule has 0 spiro atoms. The van der Waals surface area contributed by atoms with Crippen molar-refractivity contribution in [2.45, 2.75) is 44.8 Å². The van der Waals surface area contributed by atoms with Crippen LogP contribution in [0.5, 0.6) is 0 Å². The van der Waals surface area contributed by atoms with Gasteiger partial charge in [-0.05, 0) is 18.5 Å². The number of benzene rings is 1. The number of hydrogen-bond acceptors (Lipinski definition) is 3. The molecule has 0 aliphatic heterocycles.